The first-order chi connectivity index (χ1) is 7.19. The monoisotopic (exact) mass is 202 g/mol. The fraction of sp³-hybridized carbons (Fsp3) is 0.385. The van der Waals surface area contributed by atoms with E-state index < -0.39 is 5.41 Å². The zero-order chi connectivity index (χ0) is 10.9. The smallest absolute Gasteiger partial charge is 0.178 e. The number of hydrogen-bond acceptors (Lipinski definition) is 2. The van der Waals surface area contributed by atoms with Gasteiger partial charge in [-0.1, -0.05) is 12.2 Å². The summed E-state index contributed by atoms with van der Waals surface area (Å²) in [5.74, 6) is 0.225. The van der Waals surface area contributed by atoms with Crippen LogP contribution in [0, 0.1) is 5.41 Å². The Morgan fingerprint density at radius 1 is 1.40 bits per heavy atom. The predicted octanol–water partition coefficient (Wildman–Crippen LogP) is 2.37. The van der Waals surface area contributed by atoms with Gasteiger partial charge < -0.3 is 0 Å². The first kappa shape index (κ1) is 10.1. The molecule has 0 saturated heterocycles. The van der Waals surface area contributed by atoms with E-state index in [2.05, 4.69) is 6.58 Å². The Hall–Kier alpha value is -1.44. The highest BCUT2D eigenvalue weighted by atomic mass is 16.1. The van der Waals surface area contributed by atoms with Crippen molar-refractivity contribution in [3.05, 3.63) is 36.5 Å². The van der Waals surface area contributed by atoms with E-state index in [1.807, 2.05) is 0 Å². The predicted molar refractivity (Wildman–Crippen MR) is 58.3 cm³/mol. The lowest BCUT2D eigenvalue weighted by Crippen LogP contribution is -2.36. The summed E-state index contributed by atoms with van der Waals surface area (Å²) in [5, 5.41) is 0. The second-order valence-electron chi connectivity index (χ2n) is 4.15. The highest BCUT2D eigenvalue weighted by molar-refractivity contribution is 6.05. The van der Waals surface area contributed by atoms with Crippen LogP contribution in [-0.2, 0) is 9.59 Å². The molecule has 2 nitrogen and oxygen atoms in total. The maximum Gasteiger partial charge on any atom is 0.178 e. The lowest BCUT2D eigenvalue weighted by Gasteiger charge is -2.36. The molecule has 0 amide bonds. The molecule has 1 unspecified atom stereocenters. The van der Waals surface area contributed by atoms with Crippen molar-refractivity contribution in [2.45, 2.75) is 25.7 Å². The Kier molecular flexibility index (Phi) is 2.43. The molecule has 0 radical (unpaired) electrons. The van der Waals surface area contributed by atoms with Crippen molar-refractivity contribution in [2.75, 3.05) is 0 Å². The van der Waals surface area contributed by atoms with Gasteiger partial charge in [0.25, 0.3) is 0 Å². The van der Waals surface area contributed by atoms with Gasteiger partial charge in [-0.15, -0.1) is 6.58 Å². The Morgan fingerprint density at radius 3 is 2.93 bits per heavy atom. The van der Waals surface area contributed by atoms with Gasteiger partial charge in [0.1, 0.15) is 5.78 Å². The molecule has 0 spiro atoms. The second kappa shape index (κ2) is 3.61. The standard InChI is InChI=1S/C13H14O2/c1-2-7-13-8-6-11(14)9-10(13)4-3-5-12(13)15/h2,6,8-9H,1,3-5,7H2. The van der Waals surface area contributed by atoms with Crippen LogP contribution in [0.5, 0.6) is 0 Å². The van der Waals surface area contributed by atoms with Crippen molar-refractivity contribution in [1.82, 2.24) is 0 Å². The normalized spacial score (nSPS) is 29.7. The molecular formula is C13H14O2. The molecule has 0 aromatic carbocycles. The molecule has 78 valence electrons. The van der Waals surface area contributed by atoms with E-state index in [1.54, 1.807) is 18.2 Å². The molecule has 1 fully saturated rings. The summed E-state index contributed by atoms with van der Waals surface area (Å²) in [6.07, 6.45) is 9.62. The van der Waals surface area contributed by atoms with Gasteiger partial charge >= 0.3 is 0 Å². The highest BCUT2D eigenvalue weighted by Crippen LogP contribution is 2.44. The zero-order valence-electron chi connectivity index (χ0n) is 8.66. The van der Waals surface area contributed by atoms with Crippen LogP contribution in [0.2, 0.25) is 0 Å². The number of carbonyl (C=O) groups is 2. The molecule has 1 saturated carbocycles. The molecule has 2 rings (SSSR count). The largest absolute Gasteiger partial charge is 0.298 e. The van der Waals surface area contributed by atoms with E-state index >= 15 is 0 Å². The molecule has 0 aliphatic heterocycles. The molecule has 0 aromatic rings. The fourth-order valence-electron chi connectivity index (χ4n) is 2.45. The van der Waals surface area contributed by atoms with Crippen molar-refractivity contribution >= 4 is 11.6 Å². The van der Waals surface area contributed by atoms with Crippen LogP contribution in [0.25, 0.3) is 0 Å². The summed E-state index contributed by atoms with van der Waals surface area (Å²) in [6, 6.07) is 0. The Balaban J connectivity index is 2.46. The van der Waals surface area contributed by atoms with Gasteiger partial charge in [0.2, 0.25) is 0 Å². The van der Waals surface area contributed by atoms with E-state index in [1.165, 1.54) is 6.08 Å². The number of ketones is 2. The minimum Gasteiger partial charge on any atom is -0.298 e. The topological polar surface area (TPSA) is 34.1 Å². The van der Waals surface area contributed by atoms with Crippen LogP contribution >= 0.6 is 0 Å². The maximum atomic E-state index is 12.0. The number of hydrogen-bond donors (Lipinski definition) is 0. The van der Waals surface area contributed by atoms with Crippen molar-refractivity contribution < 1.29 is 9.59 Å². The Labute approximate surface area is 89.4 Å². The maximum absolute atomic E-state index is 12.0. The third kappa shape index (κ3) is 1.50. The fourth-order valence-corrected chi connectivity index (χ4v) is 2.45. The first-order valence-corrected chi connectivity index (χ1v) is 5.27. The van der Waals surface area contributed by atoms with Gasteiger partial charge in [-0.3, -0.25) is 9.59 Å². The van der Waals surface area contributed by atoms with E-state index in [0.29, 0.717) is 12.8 Å². The molecular weight excluding hydrogens is 188 g/mol. The molecule has 0 heterocycles. The lowest BCUT2D eigenvalue weighted by atomic mass is 9.65. The number of rotatable bonds is 2. The number of carbonyl (C=O) groups excluding carboxylic acids is 2. The first-order valence-electron chi connectivity index (χ1n) is 5.27. The minimum atomic E-state index is -0.534. The lowest BCUT2D eigenvalue weighted by molar-refractivity contribution is -0.126. The summed E-state index contributed by atoms with van der Waals surface area (Å²) >= 11 is 0. The summed E-state index contributed by atoms with van der Waals surface area (Å²) in [5.41, 5.74) is 0.444. The molecule has 0 N–H and O–H groups in total. The summed E-state index contributed by atoms with van der Waals surface area (Å²) in [4.78, 5) is 23.3. The van der Waals surface area contributed by atoms with E-state index in [0.717, 1.165) is 18.4 Å². The third-order valence-electron chi connectivity index (χ3n) is 3.24. The highest BCUT2D eigenvalue weighted by Gasteiger charge is 2.41. The van der Waals surface area contributed by atoms with Crippen molar-refractivity contribution in [3.63, 3.8) is 0 Å². The molecule has 1 atom stereocenters. The summed E-state index contributed by atoms with van der Waals surface area (Å²) in [7, 11) is 0. The summed E-state index contributed by atoms with van der Waals surface area (Å²) < 4.78 is 0. The van der Waals surface area contributed by atoms with Crippen LogP contribution in [0.15, 0.2) is 36.5 Å². The van der Waals surface area contributed by atoms with Gasteiger partial charge in [0.05, 0.1) is 5.41 Å². The van der Waals surface area contributed by atoms with Crippen molar-refractivity contribution in [1.29, 1.82) is 0 Å². The molecule has 0 bridgehead atoms. The quantitative estimate of drug-likeness (QED) is 0.644. The third-order valence-corrected chi connectivity index (χ3v) is 3.24. The van der Waals surface area contributed by atoms with Gasteiger partial charge in [-0.25, -0.2) is 0 Å². The second-order valence-corrected chi connectivity index (χ2v) is 4.15. The van der Waals surface area contributed by atoms with E-state index in [-0.39, 0.29) is 11.6 Å². The molecule has 2 heteroatoms. The van der Waals surface area contributed by atoms with Crippen molar-refractivity contribution in [3.8, 4) is 0 Å². The van der Waals surface area contributed by atoms with Gasteiger partial charge in [-0.2, -0.15) is 0 Å². The van der Waals surface area contributed by atoms with Crippen LogP contribution in [0.1, 0.15) is 25.7 Å². The number of fused-ring (bicyclic) bond motifs is 1. The van der Waals surface area contributed by atoms with Gasteiger partial charge in [-0.05, 0) is 37.0 Å². The Bertz CT molecular complexity index is 387. The van der Waals surface area contributed by atoms with Crippen molar-refractivity contribution in [2.24, 2.45) is 5.41 Å². The SMILES string of the molecule is C=CCC12C=CC(=O)C=C1CCCC2=O. The average molecular weight is 202 g/mol. The number of Topliss-reactive ketones (excluding diaryl/α,β-unsaturated/α-hetero) is 1. The number of allylic oxidation sites excluding steroid dienone is 5. The summed E-state index contributed by atoms with van der Waals surface area (Å²) in [6.45, 7) is 3.70. The molecule has 15 heavy (non-hydrogen) atoms. The van der Waals surface area contributed by atoms with Gasteiger partial charge in [0.15, 0.2) is 5.78 Å². The molecule has 2 aliphatic rings. The van der Waals surface area contributed by atoms with Crippen LogP contribution in [-0.4, -0.2) is 11.6 Å². The van der Waals surface area contributed by atoms with Crippen LogP contribution < -0.4 is 0 Å². The average Bonchev–Trinajstić information content (AvgIpc) is 2.21. The van der Waals surface area contributed by atoms with Gasteiger partial charge in [0, 0.05) is 6.42 Å². The minimum absolute atomic E-state index is 0.000567. The Morgan fingerprint density at radius 2 is 2.20 bits per heavy atom. The van der Waals surface area contributed by atoms with E-state index in [9.17, 15) is 9.59 Å². The zero-order valence-corrected chi connectivity index (χ0v) is 8.66. The molecule has 2 aliphatic carbocycles. The van der Waals surface area contributed by atoms with Crippen LogP contribution in [0.3, 0.4) is 0 Å². The molecule has 0 aromatic heterocycles. The van der Waals surface area contributed by atoms with Crippen LogP contribution in [0.4, 0.5) is 0 Å². The van der Waals surface area contributed by atoms with E-state index in [4.69, 9.17) is 0 Å².